The molecule has 0 aliphatic carbocycles. The molecular weight excluding hydrogens is 425 g/mol. The van der Waals surface area contributed by atoms with E-state index >= 15 is 0 Å². The Morgan fingerprint density at radius 1 is 1.13 bits per heavy atom. The van der Waals surface area contributed by atoms with Crippen molar-refractivity contribution < 1.29 is 9.59 Å². The van der Waals surface area contributed by atoms with Gasteiger partial charge in [0.25, 0.3) is 0 Å². The molecule has 1 unspecified atom stereocenters. The molecule has 9 heteroatoms. The molecule has 2 rings (SSSR count). The number of likely N-dealkylation sites (N-methyl/N-ethyl adjacent to an activating group) is 1. The number of pyridine rings is 1. The summed E-state index contributed by atoms with van der Waals surface area (Å²) >= 11 is 12.1. The van der Waals surface area contributed by atoms with Gasteiger partial charge in [0, 0.05) is 25.2 Å². The van der Waals surface area contributed by atoms with Crippen molar-refractivity contribution in [3.63, 3.8) is 0 Å². The van der Waals surface area contributed by atoms with Crippen LogP contribution in [0.25, 0.3) is 0 Å². The van der Waals surface area contributed by atoms with Gasteiger partial charge in [0.2, 0.25) is 11.8 Å². The molecule has 0 fully saturated rings. The van der Waals surface area contributed by atoms with Crippen molar-refractivity contribution in [3.8, 4) is 0 Å². The van der Waals surface area contributed by atoms with Crippen LogP contribution in [0.4, 0.5) is 5.82 Å². The van der Waals surface area contributed by atoms with Crippen LogP contribution in [-0.4, -0.2) is 47.4 Å². The molecule has 0 spiro atoms. The Hall–Kier alpha value is -2.35. The van der Waals surface area contributed by atoms with E-state index in [1.54, 1.807) is 36.5 Å². The van der Waals surface area contributed by atoms with Crippen LogP contribution in [-0.2, 0) is 22.6 Å². The van der Waals surface area contributed by atoms with Gasteiger partial charge in [-0.2, -0.15) is 0 Å². The van der Waals surface area contributed by atoms with Crippen molar-refractivity contribution in [1.29, 1.82) is 0 Å². The summed E-state index contributed by atoms with van der Waals surface area (Å²) < 4.78 is 0. The lowest BCUT2D eigenvalue weighted by Crippen LogP contribution is -2.50. The number of hydrogen-bond acceptors (Lipinski definition) is 5. The second-order valence-corrected chi connectivity index (χ2v) is 8.21. The fourth-order valence-electron chi connectivity index (χ4n) is 2.61. The fraction of sp³-hybridized carbons (Fsp3) is 0.381. The van der Waals surface area contributed by atoms with Gasteiger partial charge in [0.15, 0.2) is 0 Å². The summed E-state index contributed by atoms with van der Waals surface area (Å²) in [5, 5.41) is 6.49. The van der Waals surface area contributed by atoms with Crippen molar-refractivity contribution in [2.75, 3.05) is 19.3 Å². The Kier molecular flexibility index (Phi) is 8.89. The molecule has 0 aliphatic heterocycles. The molecule has 7 nitrogen and oxygen atoms in total. The van der Waals surface area contributed by atoms with E-state index in [0.717, 1.165) is 11.1 Å². The van der Waals surface area contributed by atoms with Gasteiger partial charge in [0.05, 0.1) is 16.6 Å². The Balaban J connectivity index is 2.09. The van der Waals surface area contributed by atoms with Gasteiger partial charge in [-0.25, -0.2) is 4.98 Å². The highest BCUT2D eigenvalue weighted by molar-refractivity contribution is 6.42. The van der Waals surface area contributed by atoms with Crippen LogP contribution in [0.5, 0.6) is 0 Å². The van der Waals surface area contributed by atoms with Crippen LogP contribution < -0.4 is 16.4 Å². The molecule has 1 atom stereocenters. The smallest absolute Gasteiger partial charge is 0.243 e. The van der Waals surface area contributed by atoms with Crippen LogP contribution >= 0.6 is 23.2 Å². The van der Waals surface area contributed by atoms with Gasteiger partial charge in [-0.1, -0.05) is 35.3 Å². The quantitative estimate of drug-likeness (QED) is 0.543. The van der Waals surface area contributed by atoms with Crippen molar-refractivity contribution in [2.24, 2.45) is 0 Å². The molecule has 4 N–H and O–H groups in total. The summed E-state index contributed by atoms with van der Waals surface area (Å²) in [7, 11) is 1.85. The lowest BCUT2D eigenvalue weighted by Gasteiger charge is -2.23. The average Bonchev–Trinajstić information content (AvgIpc) is 2.69. The summed E-state index contributed by atoms with van der Waals surface area (Å²) in [6.07, 6.45) is 1.87. The minimum absolute atomic E-state index is 0.185. The first-order valence-electron chi connectivity index (χ1n) is 9.57. The Bertz CT molecular complexity index is 874. The van der Waals surface area contributed by atoms with Gasteiger partial charge >= 0.3 is 0 Å². The molecule has 0 bridgehead atoms. The highest BCUT2D eigenvalue weighted by Gasteiger charge is 2.22. The van der Waals surface area contributed by atoms with E-state index in [9.17, 15) is 9.59 Å². The SMILES string of the molecule is CC(C)N(C)CC(=O)NC(Cc1ccc(Cl)c(Cl)c1)C(=O)NCc1ccc(N)nc1. The van der Waals surface area contributed by atoms with Crippen molar-refractivity contribution in [3.05, 3.63) is 57.7 Å². The Morgan fingerprint density at radius 3 is 2.43 bits per heavy atom. The van der Waals surface area contributed by atoms with Gasteiger partial charge < -0.3 is 16.4 Å². The largest absolute Gasteiger partial charge is 0.384 e. The van der Waals surface area contributed by atoms with Crippen LogP contribution in [0.2, 0.25) is 10.0 Å². The number of amides is 2. The summed E-state index contributed by atoms with van der Waals surface area (Å²) in [4.78, 5) is 31.2. The van der Waals surface area contributed by atoms with Gasteiger partial charge in [-0.3, -0.25) is 14.5 Å². The zero-order chi connectivity index (χ0) is 22.3. The van der Waals surface area contributed by atoms with E-state index in [4.69, 9.17) is 28.9 Å². The molecular formula is C21H27Cl2N5O2. The number of nitrogens with zero attached hydrogens (tertiary/aromatic N) is 2. The molecule has 1 aromatic heterocycles. The van der Waals surface area contributed by atoms with Crippen LogP contribution in [0, 0.1) is 0 Å². The third kappa shape index (κ3) is 7.48. The second kappa shape index (κ2) is 11.2. The first-order chi connectivity index (χ1) is 14.2. The molecule has 0 aliphatic rings. The van der Waals surface area contributed by atoms with Crippen molar-refractivity contribution in [1.82, 2.24) is 20.5 Å². The molecule has 1 aromatic carbocycles. The van der Waals surface area contributed by atoms with E-state index in [0.29, 0.717) is 15.9 Å². The van der Waals surface area contributed by atoms with Gasteiger partial charge in [-0.05, 0) is 50.2 Å². The second-order valence-electron chi connectivity index (χ2n) is 7.39. The highest BCUT2D eigenvalue weighted by Crippen LogP contribution is 2.23. The van der Waals surface area contributed by atoms with Crippen LogP contribution in [0.3, 0.4) is 0 Å². The molecule has 2 amide bonds. The maximum atomic E-state index is 12.9. The number of carbonyl (C=O) groups is 2. The Morgan fingerprint density at radius 2 is 1.83 bits per heavy atom. The third-order valence-corrected chi connectivity index (χ3v) is 5.40. The maximum Gasteiger partial charge on any atom is 0.243 e. The zero-order valence-electron chi connectivity index (χ0n) is 17.3. The number of hydrogen-bond donors (Lipinski definition) is 3. The number of benzene rings is 1. The number of nitrogens with two attached hydrogens (primary N) is 1. The lowest BCUT2D eigenvalue weighted by molar-refractivity contribution is -0.129. The molecule has 0 saturated heterocycles. The monoisotopic (exact) mass is 451 g/mol. The van der Waals surface area contributed by atoms with E-state index in [1.807, 2.05) is 25.8 Å². The summed E-state index contributed by atoms with van der Waals surface area (Å²) in [6, 6.07) is 8.03. The highest BCUT2D eigenvalue weighted by atomic mass is 35.5. The summed E-state index contributed by atoms with van der Waals surface area (Å²) in [6.45, 7) is 4.44. The van der Waals surface area contributed by atoms with Gasteiger partial charge in [-0.15, -0.1) is 0 Å². The minimum atomic E-state index is -0.767. The predicted molar refractivity (Wildman–Crippen MR) is 120 cm³/mol. The van der Waals surface area contributed by atoms with Crippen molar-refractivity contribution >= 4 is 40.8 Å². The lowest BCUT2D eigenvalue weighted by atomic mass is 10.0. The first-order valence-corrected chi connectivity index (χ1v) is 10.3. The van der Waals surface area contributed by atoms with E-state index in [1.165, 1.54) is 0 Å². The van der Waals surface area contributed by atoms with E-state index in [-0.39, 0.29) is 37.4 Å². The number of nitrogen functional groups attached to an aromatic ring is 1. The minimum Gasteiger partial charge on any atom is -0.384 e. The number of carbonyl (C=O) groups excluding carboxylic acids is 2. The normalized spacial score (nSPS) is 12.1. The van der Waals surface area contributed by atoms with Crippen LogP contribution in [0.15, 0.2) is 36.5 Å². The molecule has 1 heterocycles. The summed E-state index contributed by atoms with van der Waals surface area (Å²) in [5.74, 6) is -0.136. The van der Waals surface area contributed by atoms with Crippen LogP contribution in [0.1, 0.15) is 25.0 Å². The first kappa shape index (κ1) is 23.9. The summed E-state index contributed by atoms with van der Waals surface area (Å²) in [5.41, 5.74) is 7.18. The predicted octanol–water partition coefficient (Wildman–Crippen LogP) is 2.65. The molecule has 30 heavy (non-hydrogen) atoms. The van der Waals surface area contributed by atoms with E-state index in [2.05, 4.69) is 15.6 Å². The Labute approximate surface area is 186 Å². The molecule has 2 aromatic rings. The third-order valence-electron chi connectivity index (χ3n) is 4.66. The van der Waals surface area contributed by atoms with Gasteiger partial charge in [0.1, 0.15) is 11.9 Å². The maximum absolute atomic E-state index is 12.9. The molecule has 162 valence electrons. The number of nitrogens with one attached hydrogen (secondary N) is 2. The number of anilines is 1. The standard InChI is InChI=1S/C21H27Cl2N5O2/c1-13(2)28(3)12-20(29)27-18(9-14-4-6-16(22)17(23)8-14)21(30)26-11-15-5-7-19(24)25-10-15/h4-8,10,13,18H,9,11-12H2,1-3H3,(H2,24,25)(H,26,30)(H,27,29). The number of rotatable bonds is 9. The molecule has 0 radical (unpaired) electrons. The molecule has 0 saturated carbocycles. The van der Waals surface area contributed by atoms with E-state index < -0.39 is 6.04 Å². The fourth-order valence-corrected chi connectivity index (χ4v) is 2.93. The number of halogens is 2. The topological polar surface area (TPSA) is 100 Å². The van der Waals surface area contributed by atoms with Crippen molar-refractivity contribution in [2.45, 2.75) is 38.9 Å². The zero-order valence-corrected chi connectivity index (χ0v) is 18.8. The average molecular weight is 452 g/mol. The number of aromatic nitrogens is 1.